The molecule has 172 valence electrons. The molecular formula is C22H26F2IN5O2. The summed E-state index contributed by atoms with van der Waals surface area (Å²) < 4.78 is 36.9. The van der Waals surface area contributed by atoms with E-state index in [1.54, 1.807) is 30.1 Å². The second kappa shape index (κ2) is 12.8. The van der Waals surface area contributed by atoms with Crippen LogP contribution in [-0.2, 0) is 13.0 Å². The molecule has 0 atom stereocenters. The maximum Gasteiger partial charge on any atom is 0.387 e. The van der Waals surface area contributed by atoms with Crippen LogP contribution in [-0.4, -0.2) is 43.1 Å². The Morgan fingerprint density at radius 2 is 1.94 bits per heavy atom. The summed E-state index contributed by atoms with van der Waals surface area (Å²) >= 11 is 0. The summed E-state index contributed by atoms with van der Waals surface area (Å²) in [5.74, 6) is 1.07. The average Bonchev–Trinajstić information content (AvgIpc) is 3.31. The molecule has 0 amide bonds. The van der Waals surface area contributed by atoms with E-state index in [4.69, 9.17) is 4.74 Å². The highest BCUT2D eigenvalue weighted by Gasteiger charge is 2.12. The van der Waals surface area contributed by atoms with Crippen molar-refractivity contribution in [2.45, 2.75) is 19.6 Å². The highest BCUT2D eigenvalue weighted by molar-refractivity contribution is 14.0. The predicted molar refractivity (Wildman–Crippen MR) is 131 cm³/mol. The van der Waals surface area contributed by atoms with Crippen molar-refractivity contribution in [1.29, 1.82) is 0 Å². The summed E-state index contributed by atoms with van der Waals surface area (Å²) in [4.78, 5) is 4.18. The van der Waals surface area contributed by atoms with Crippen molar-refractivity contribution in [2.24, 2.45) is 4.99 Å². The van der Waals surface area contributed by atoms with Crippen LogP contribution in [0.2, 0.25) is 0 Å². The van der Waals surface area contributed by atoms with Crippen molar-refractivity contribution in [3.05, 3.63) is 72.1 Å². The molecule has 0 fully saturated rings. The van der Waals surface area contributed by atoms with Crippen LogP contribution in [0.4, 0.5) is 8.78 Å². The fourth-order valence-electron chi connectivity index (χ4n) is 2.98. The van der Waals surface area contributed by atoms with Gasteiger partial charge in [-0.05, 0) is 42.3 Å². The number of methoxy groups -OCH3 is 1. The molecule has 1 aromatic heterocycles. The normalized spacial score (nSPS) is 11.1. The minimum atomic E-state index is -2.91. The fraction of sp³-hybridized carbons (Fsp3) is 0.273. The third kappa shape index (κ3) is 7.36. The Morgan fingerprint density at radius 1 is 1.16 bits per heavy atom. The molecule has 0 aliphatic carbocycles. The van der Waals surface area contributed by atoms with Gasteiger partial charge in [-0.15, -0.1) is 24.0 Å². The lowest BCUT2D eigenvalue weighted by atomic mass is 10.1. The van der Waals surface area contributed by atoms with Crippen LogP contribution in [0.1, 0.15) is 11.1 Å². The number of halogens is 3. The number of ether oxygens (including phenoxy) is 2. The van der Waals surface area contributed by atoms with Crippen LogP contribution in [0.5, 0.6) is 11.5 Å². The lowest BCUT2D eigenvalue weighted by molar-refractivity contribution is -0.0505. The first-order chi connectivity index (χ1) is 15.1. The summed E-state index contributed by atoms with van der Waals surface area (Å²) in [6.45, 7) is -1.99. The summed E-state index contributed by atoms with van der Waals surface area (Å²) in [6, 6.07) is 14.8. The van der Waals surface area contributed by atoms with E-state index in [2.05, 4.69) is 37.6 Å². The predicted octanol–water partition coefficient (Wildman–Crippen LogP) is 4.01. The molecule has 32 heavy (non-hydrogen) atoms. The number of rotatable bonds is 9. The number of aliphatic imine (C=N–C) groups is 1. The molecule has 0 unspecified atom stereocenters. The van der Waals surface area contributed by atoms with Crippen LogP contribution in [0.25, 0.3) is 5.69 Å². The Hall–Kier alpha value is -2.89. The smallest absolute Gasteiger partial charge is 0.387 e. The van der Waals surface area contributed by atoms with Crippen molar-refractivity contribution in [3.63, 3.8) is 0 Å². The largest absolute Gasteiger partial charge is 0.497 e. The number of hydrogen-bond acceptors (Lipinski definition) is 4. The Bertz CT molecular complexity index is 982. The zero-order valence-corrected chi connectivity index (χ0v) is 20.1. The molecule has 2 aromatic carbocycles. The van der Waals surface area contributed by atoms with Crippen LogP contribution in [0, 0.1) is 0 Å². The number of nitrogens with one attached hydrogen (secondary N) is 2. The summed E-state index contributed by atoms with van der Waals surface area (Å²) in [5.41, 5.74) is 2.74. The molecule has 0 spiro atoms. The molecular weight excluding hydrogens is 531 g/mol. The SMILES string of the molecule is CN=C(NCCc1ccc(-n2cccn2)cc1)NCc1ccc(OC)cc1OC(F)F.I. The fourth-order valence-corrected chi connectivity index (χ4v) is 2.98. The molecule has 2 N–H and O–H groups in total. The van der Waals surface area contributed by atoms with E-state index < -0.39 is 6.61 Å². The van der Waals surface area contributed by atoms with E-state index >= 15 is 0 Å². The maximum absolute atomic E-state index is 12.7. The molecule has 3 rings (SSSR count). The van der Waals surface area contributed by atoms with Crippen LogP contribution < -0.4 is 20.1 Å². The van der Waals surface area contributed by atoms with E-state index in [0.29, 0.717) is 23.8 Å². The van der Waals surface area contributed by atoms with E-state index in [9.17, 15) is 8.78 Å². The molecule has 0 saturated heterocycles. The number of aromatic nitrogens is 2. The van der Waals surface area contributed by atoms with Gasteiger partial charge in [0.2, 0.25) is 0 Å². The number of benzene rings is 2. The van der Waals surface area contributed by atoms with E-state index in [1.165, 1.54) is 18.7 Å². The molecule has 0 radical (unpaired) electrons. The Labute approximate surface area is 202 Å². The monoisotopic (exact) mass is 557 g/mol. The van der Waals surface area contributed by atoms with Crippen LogP contribution in [0.15, 0.2) is 65.9 Å². The quantitative estimate of drug-likeness (QED) is 0.237. The van der Waals surface area contributed by atoms with E-state index in [1.807, 2.05) is 24.4 Å². The van der Waals surface area contributed by atoms with Gasteiger partial charge in [-0.1, -0.05) is 12.1 Å². The van der Waals surface area contributed by atoms with Gasteiger partial charge in [-0.3, -0.25) is 4.99 Å². The highest BCUT2D eigenvalue weighted by Crippen LogP contribution is 2.26. The van der Waals surface area contributed by atoms with Gasteiger partial charge in [0.25, 0.3) is 0 Å². The molecule has 1 heterocycles. The van der Waals surface area contributed by atoms with Gasteiger partial charge in [0.1, 0.15) is 11.5 Å². The van der Waals surface area contributed by atoms with Gasteiger partial charge in [0.15, 0.2) is 5.96 Å². The highest BCUT2D eigenvalue weighted by atomic mass is 127. The molecule has 0 saturated carbocycles. The number of nitrogens with zero attached hydrogens (tertiary/aromatic N) is 3. The standard InChI is InChI=1S/C22H25F2N5O2.HI/c1-25-22(27-15-17-6-9-19(30-2)14-20(17)31-21(23)24)26-12-10-16-4-7-18(8-5-16)29-13-3-11-28-29;/h3-9,11,13-14,21H,10,12,15H2,1-2H3,(H2,25,26,27);1H. The second-order valence-electron chi connectivity index (χ2n) is 6.57. The lowest BCUT2D eigenvalue weighted by Gasteiger charge is -2.15. The molecule has 0 aliphatic heterocycles. The van der Waals surface area contributed by atoms with Gasteiger partial charge in [-0.25, -0.2) is 4.68 Å². The first kappa shape index (κ1) is 25.4. The minimum absolute atomic E-state index is 0. The van der Waals surface area contributed by atoms with Gasteiger partial charge in [0.05, 0.1) is 12.8 Å². The van der Waals surface area contributed by atoms with Crippen molar-refractivity contribution in [2.75, 3.05) is 20.7 Å². The van der Waals surface area contributed by atoms with Gasteiger partial charge < -0.3 is 20.1 Å². The zero-order chi connectivity index (χ0) is 22.1. The summed E-state index contributed by atoms with van der Waals surface area (Å²) in [5, 5.41) is 10.5. The average molecular weight is 557 g/mol. The van der Waals surface area contributed by atoms with Crippen molar-refractivity contribution >= 4 is 29.9 Å². The molecule has 0 aliphatic rings. The third-order valence-electron chi connectivity index (χ3n) is 4.57. The van der Waals surface area contributed by atoms with Crippen LogP contribution >= 0.6 is 24.0 Å². The lowest BCUT2D eigenvalue weighted by Crippen LogP contribution is -2.38. The number of guanidine groups is 1. The Balaban J connectivity index is 0.00000363. The topological polar surface area (TPSA) is 72.7 Å². The summed E-state index contributed by atoms with van der Waals surface area (Å²) in [6.07, 6.45) is 4.43. The van der Waals surface area contributed by atoms with Gasteiger partial charge >= 0.3 is 6.61 Å². The molecule has 10 heteroatoms. The first-order valence-corrected chi connectivity index (χ1v) is 9.74. The summed E-state index contributed by atoms with van der Waals surface area (Å²) in [7, 11) is 3.12. The minimum Gasteiger partial charge on any atom is -0.497 e. The third-order valence-corrected chi connectivity index (χ3v) is 4.57. The van der Waals surface area contributed by atoms with E-state index in [0.717, 1.165) is 12.1 Å². The maximum atomic E-state index is 12.7. The van der Waals surface area contributed by atoms with Gasteiger partial charge in [-0.2, -0.15) is 13.9 Å². The number of hydrogen-bond donors (Lipinski definition) is 2. The van der Waals surface area contributed by atoms with Gasteiger partial charge in [0, 0.05) is 44.2 Å². The Kier molecular flexibility index (Phi) is 10.2. The van der Waals surface area contributed by atoms with Crippen molar-refractivity contribution < 1.29 is 18.3 Å². The number of alkyl halides is 2. The molecule has 0 bridgehead atoms. The molecule has 7 nitrogen and oxygen atoms in total. The first-order valence-electron chi connectivity index (χ1n) is 9.74. The second-order valence-corrected chi connectivity index (χ2v) is 6.57. The Morgan fingerprint density at radius 3 is 2.56 bits per heavy atom. The molecule has 3 aromatic rings. The zero-order valence-electron chi connectivity index (χ0n) is 17.8. The van der Waals surface area contributed by atoms with Crippen LogP contribution in [0.3, 0.4) is 0 Å². The van der Waals surface area contributed by atoms with Crippen molar-refractivity contribution in [1.82, 2.24) is 20.4 Å². The van der Waals surface area contributed by atoms with E-state index in [-0.39, 0.29) is 36.3 Å². The van der Waals surface area contributed by atoms with Crippen molar-refractivity contribution in [3.8, 4) is 17.2 Å².